The summed E-state index contributed by atoms with van der Waals surface area (Å²) < 4.78 is 4.97. The van der Waals surface area contributed by atoms with Gasteiger partial charge in [0.1, 0.15) is 6.73 Å². The topological polar surface area (TPSA) is 38.3 Å². The normalized spacial score (nSPS) is 9.00. The van der Waals surface area contributed by atoms with Gasteiger partial charge in [0.25, 0.3) is 0 Å². The number of carbonyl (C=O) groups excluding carboxylic acids is 1. The molecule has 0 rings (SSSR count). The Labute approximate surface area is 55.4 Å². The number of hydrogen-bond acceptors (Lipinski definition) is 2. The van der Waals surface area contributed by atoms with Gasteiger partial charge in [-0.2, -0.15) is 0 Å². The van der Waals surface area contributed by atoms with Gasteiger partial charge in [-0.05, 0) is 6.42 Å². The number of nitrogens with one attached hydrogen (secondary N) is 1. The van der Waals surface area contributed by atoms with Crippen LogP contribution in [0.3, 0.4) is 0 Å². The zero-order chi connectivity index (χ0) is 6.95. The lowest BCUT2D eigenvalue weighted by Gasteiger charge is -1.99. The number of ether oxygens (including phenoxy) is 1. The zero-order valence-corrected chi connectivity index (χ0v) is 5.72. The summed E-state index contributed by atoms with van der Waals surface area (Å²) in [6.45, 7) is 3.16. The Morgan fingerprint density at radius 3 is 3.00 bits per heavy atom. The number of amides is 1. The molecule has 0 aliphatic rings. The molecule has 1 amide bonds. The van der Waals surface area contributed by atoms with E-state index in [9.17, 15) is 4.79 Å². The second kappa shape index (κ2) is 7.43. The van der Waals surface area contributed by atoms with Gasteiger partial charge in [-0.15, -0.1) is 0 Å². The molecule has 0 saturated heterocycles. The molecule has 3 heteroatoms. The molecule has 3 nitrogen and oxygen atoms in total. The lowest BCUT2D eigenvalue weighted by atomic mass is 10.4. The lowest BCUT2D eigenvalue weighted by molar-refractivity contribution is -0.111. The first-order valence-corrected chi connectivity index (χ1v) is 3.16. The summed E-state index contributed by atoms with van der Waals surface area (Å²) in [6.07, 6.45) is 2.81. The van der Waals surface area contributed by atoms with Gasteiger partial charge in [0.2, 0.25) is 6.41 Å². The minimum atomic E-state index is 0.337. The molecule has 0 bridgehead atoms. The van der Waals surface area contributed by atoms with Crippen molar-refractivity contribution >= 4 is 6.41 Å². The molecule has 0 aromatic carbocycles. The lowest BCUT2D eigenvalue weighted by Crippen LogP contribution is -2.15. The van der Waals surface area contributed by atoms with Crippen molar-refractivity contribution in [3.8, 4) is 0 Å². The molecule has 0 atom stereocenters. The Hall–Kier alpha value is -0.570. The van der Waals surface area contributed by atoms with Crippen LogP contribution in [0.2, 0.25) is 0 Å². The molecule has 0 heterocycles. The van der Waals surface area contributed by atoms with E-state index in [0.717, 1.165) is 19.4 Å². The van der Waals surface area contributed by atoms with E-state index in [1.807, 2.05) is 0 Å². The van der Waals surface area contributed by atoms with Crippen LogP contribution in [0.4, 0.5) is 0 Å². The molecule has 0 radical (unpaired) electrons. The number of carbonyl (C=O) groups is 1. The standard InChI is InChI=1S/C6H13NO2/c1-2-3-4-9-6-7-5-8/h5H,2-4,6H2,1H3,(H,7,8). The Kier molecular flexibility index (Phi) is 6.96. The third-order valence-electron chi connectivity index (χ3n) is 0.911. The fraction of sp³-hybridized carbons (Fsp3) is 0.833. The molecular formula is C6H13NO2. The Bertz CT molecular complexity index is 66.1. The molecule has 0 fully saturated rings. The van der Waals surface area contributed by atoms with Gasteiger partial charge in [0.15, 0.2) is 0 Å². The van der Waals surface area contributed by atoms with Crippen molar-refractivity contribution < 1.29 is 9.53 Å². The molecular weight excluding hydrogens is 118 g/mol. The van der Waals surface area contributed by atoms with Gasteiger partial charge >= 0.3 is 0 Å². The highest BCUT2D eigenvalue weighted by atomic mass is 16.5. The Morgan fingerprint density at radius 1 is 1.67 bits per heavy atom. The van der Waals surface area contributed by atoms with E-state index in [-0.39, 0.29) is 0 Å². The van der Waals surface area contributed by atoms with Crippen molar-refractivity contribution in [1.29, 1.82) is 0 Å². The summed E-state index contributed by atoms with van der Waals surface area (Å²) >= 11 is 0. The fourth-order valence-electron chi connectivity index (χ4n) is 0.412. The van der Waals surface area contributed by atoms with Crippen LogP contribution in [0.25, 0.3) is 0 Å². The highest BCUT2D eigenvalue weighted by molar-refractivity contribution is 5.45. The fourth-order valence-corrected chi connectivity index (χ4v) is 0.412. The summed E-state index contributed by atoms with van der Waals surface area (Å²) in [5.74, 6) is 0. The van der Waals surface area contributed by atoms with E-state index in [1.54, 1.807) is 0 Å². The van der Waals surface area contributed by atoms with E-state index >= 15 is 0 Å². The summed E-state index contributed by atoms with van der Waals surface area (Å²) in [7, 11) is 0. The van der Waals surface area contributed by atoms with Crippen molar-refractivity contribution in [2.75, 3.05) is 13.3 Å². The van der Waals surface area contributed by atoms with Gasteiger partial charge < -0.3 is 10.1 Å². The number of hydrogen-bond donors (Lipinski definition) is 1. The SMILES string of the molecule is CCCCOCNC=O. The van der Waals surface area contributed by atoms with Gasteiger partial charge in [-0.1, -0.05) is 13.3 Å². The second-order valence-electron chi connectivity index (χ2n) is 1.73. The summed E-state index contributed by atoms with van der Waals surface area (Å²) in [5.41, 5.74) is 0. The number of rotatable bonds is 6. The minimum Gasteiger partial charge on any atom is -0.361 e. The summed E-state index contributed by atoms with van der Waals surface area (Å²) in [4.78, 5) is 9.65. The van der Waals surface area contributed by atoms with Crippen LogP contribution >= 0.6 is 0 Å². The van der Waals surface area contributed by atoms with Crippen LogP contribution in [0.15, 0.2) is 0 Å². The predicted octanol–water partition coefficient (Wildman–Crippen LogP) is 0.507. The molecule has 9 heavy (non-hydrogen) atoms. The molecule has 54 valence electrons. The molecule has 0 aliphatic carbocycles. The van der Waals surface area contributed by atoms with Crippen LogP contribution in [0.1, 0.15) is 19.8 Å². The average Bonchev–Trinajstić information content (AvgIpc) is 1.89. The molecule has 0 saturated carbocycles. The molecule has 1 N–H and O–H groups in total. The molecule has 0 aromatic heterocycles. The third-order valence-corrected chi connectivity index (χ3v) is 0.911. The minimum absolute atomic E-state index is 0.337. The maximum Gasteiger partial charge on any atom is 0.208 e. The van der Waals surface area contributed by atoms with E-state index < -0.39 is 0 Å². The zero-order valence-electron chi connectivity index (χ0n) is 5.72. The van der Waals surface area contributed by atoms with Gasteiger partial charge in [-0.3, -0.25) is 4.79 Å². The number of unbranched alkanes of at least 4 members (excludes halogenated alkanes) is 1. The first kappa shape index (κ1) is 8.43. The van der Waals surface area contributed by atoms with Gasteiger partial charge in [0, 0.05) is 6.61 Å². The van der Waals surface area contributed by atoms with Gasteiger partial charge in [-0.25, -0.2) is 0 Å². The highest BCUT2D eigenvalue weighted by Crippen LogP contribution is 1.85. The van der Waals surface area contributed by atoms with E-state index in [1.165, 1.54) is 0 Å². The van der Waals surface area contributed by atoms with Crippen molar-refractivity contribution in [1.82, 2.24) is 5.32 Å². The van der Waals surface area contributed by atoms with Crippen molar-refractivity contribution in [2.24, 2.45) is 0 Å². The second-order valence-corrected chi connectivity index (χ2v) is 1.73. The van der Waals surface area contributed by atoms with Crippen LogP contribution in [-0.2, 0) is 9.53 Å². The maximum absolute atomic E-state index is 9.65. The molecule has 0 spiro atoms. The molecule has 0 aliphatic heterocycles. The van der Waals surface area contributed by atoms with Crippen LogP contribution in [0.5, 0.6) is 0 Å². The van der Waals surface area contributed by atoms with E-state index in [2.05, 4.69) is 12.2 Å². The predicted molar refractivity (Wildman–Crippen MR) is 34.9 cm³/mol. The first-order valence-electron chi connectivity index (χ1n) is 3.16. The van der Waals surface area contributed by atoms with Crippen LogP contribution in [0, 0.1) is 0 Å². The van der Waals surface area contributed by atoms with Crippen LogP contribution in [-0.4, -0.2) is 19.7 Å². The third kappa shape index (κ3) is 7.43. The van der Waals surface area contributed by atoms with Crippen LogP contribution < -0.4 is 5.32 Å². The Morgan fingerprint density at radius 2 is 2.44 bits per heavy atom. The van der Waals surface area contributed by atoms with Gasteiger partial charge in [0.05, 0.1) is 0 Å². The van der Waals surface area contributed by atoms with Crippen molar-refractivity contribution in [3.05, 3.63) is 0 Å². The van der Waals surface area contributed by atoms with E-state index in [4.69, 9.17) is 4.74 Å². The maximum atomic E-state index is 9.65. The first-order chi connectivity index (χ1) is 4.41. The summed E-state index contributed by atoms with van der Waals surface area (Å²) in [6, 6.07) is 0. The van der Waals surface area contributed by atoms with Crippen molar-refractivity contribution in [2.45, 2.75) is 19.8 Å². The monoisotopic (exact) mass is 131 g/mol. The average molecular weight is 131 g/mol. The molecule has 0 aromatic rings. The Balaban J connectivity index is 2.66. The molecule has 0 unspecified atom stereocenters. The summed E-state index contributed by atoms with van der Waals surface area (Å²) in [5, 5.41) is 2.40. The largest absolute Gasteiger partial charge is 0.361 e. The quantitative estimate of drug-likeness (QED) is 0.324. The smallest absolute Gasteiger partial charge is 0.208 e. The van der Waals surface area contributed by atoms with E-state index in [0.29, 0.717) is 13.1 Å². The van der Waals surface area contributed by atoms with Crippen molar-refractivity contribution in [3.63, 3.8) is 0 Å². The highest BCUT2D eigenvalue weighted by Gasteiger charge is 1.82.